The van der Waals surface area contributed by atoms with E-state index in [2.05, 4.69) is 15.9 Å². The second-order valence-electron chi connectivity index (χ2n) is 7.36. The molecule has 0 heterocycles. The van der Waals surface area contributed by atoms with E-state index >= 15 is 0 Å². The molecule has 0 amide bonds. The summed E-state index contributed by atoms with van der Waals surface area (Å²) in [6, 6.07) is 6.60. The quantitative estimate of drug-likeness (QED) is 0.391. The average Bonchev–Trinajstić information content (AvgIpc) is 3.56. The molecular formula is C22H19BrF4O2. The van der Waals surface area contributed by atoms with Crippen LogP contribution in [0.1, 0.15) is 41.6 Å². The maximum atomic E-state index is 13.3. The molecule has 2 nitrogen and oxygen atoms in total. The molecule has 7 heteroatoms. The van der Waals surface area contributed by atoms with Gasteiger partial charge in [0.25, 0.3) is 0 Å². The van der Waals surface area contributed by atoms with E-state index in [0.29, 0.717) is 5.56 Å². The van der Waals surface area contributed by atoms with Gasteiger partial charge >= 0.3 is 0 Å². The first-order valence-electron chi connectivity index (χ1n) is 9.35. The number of rotatable bonds is 6. The van der Waals surface area contributed by atoms with Crippen LogP contribution >= 0.6 is 15.9 Å². The van der Waals surface area contributed by atoms with Crippen molar-refractivity contribution in [1.29, 1.82) is 0 Å². The molecule has 0 aromatic heterocycles. The number of ketones is 2. The van der Waals surface area contributed by atoms with Crippen LogP contribution in [0.25, 0.3) is 0 Å². The Kier molecular flexibility index (Phi) is 6.88. The summed E-state index contributed by atoms with van der Waals surface area (Å²) in [5.74, 6) is -2.31. The molecule has 0 saturated heterocycles. The van der Waals surface area contributed by atoms with Crippen LogP contribution in [0, 0.1) is 35.1 Å². The zero-order valence-electron chi connectivity index (χ0n) is 15.4. The van der Waals surface area contributed by atoms with E-state index < -0.39 is 28.1 Å². The zero-order chi connectivity index (χ0) is 21.1. The van der Waals surface area contributed by atoms with Crippen molar-refractivity contribution in [2.24, 2.45) is 11.8 Å². The lowest BCUT2D eigenvalue weighted by Gasteiger charge is -2.09. The number of halogens is 5. The molecule has 2 fully saturated rings. The average molecular weight is 471 g/mol. The predicted octanol–water partition coefficient (Wildman–Crippen LogP) is 5.87. The molecule has 0 spiro atoms. The first kappa shape index (κ1) is 21.7. The lowest BCUT2D eigenvalue weighted by atomic mass is 10.1. The Morgan fingerprint density at radius 1 is 0.862 bits per heavy atom. The van der Waals surface area contributed by atoms with Crippen molar-refractivity contribution < 1.29 is 27.2 Å². The molecule has 0 aliphatic heterocycles. The first-order valence-corrected chi connectivity index (χ1v) is 10.3. The first-order chi connectivity index (χ1) is 13.8. The molecule has 2 saturated carbocycles. The maximum absolute atomic E-state index is 13.3. The van der Waals surface area contributed by atoms with E-state index in [1.165, 1.54) is 18.2 Å². The summed E-state index contributed by atoms with van der Waals surface area (Å²) in [7, 11) is 0. The topological polar surface area (TPSA) is 34.1 Å². The number of benzene rings is 2. The van der Waals surface area contributed by atoms with Crippen molar-refractivity contribution in [1.82, 2.24) is 0 Å². The molecule has 2 aromatic rings. The molecule has 2 aromatic carbocycles. The van der Waals surface area contributed by atoms with Crippen LogP contribution in [-0.2, 0) is 16.0 Å². The summed E-state index contributed by atoms with van der Waals surface area (Å²) in [6.45, 7) is 0. The Labute approximate surface area is 174 Å². The second-order valence-corrected chi connectivity index (χ2v) is 8.27. The predicted molar refractivity (Wildman–Crippen MR) is 104 cm³/mol. The van der Waals surface area contributed by atoms with E-state index in [9.17, 15) is 27.2 Å². The lowest BCUT2D eigenvalue weighted by Crippen LogP contribution is -2.10. The van der Waals surface area contributed by atoms with E-state index in [1.807, 2.05) is 0 Å². The van der Waals surface area contributed by atoms with E-state index in [0.717, 1.165) is 43.9 Å². The van der Waals surface area contributed by atoms with Gasteiger partial charge in [-0.05, 0) is 43.4 Å². The van der Waals surface area contributed by atoms with Gasteiger partial charge in [0.1, 0.15) is 33.9 Å². The largest absolute Gasteiger partial charge is 0.299 e. The molecule has 0 N–H and O–H groups in total. The van der Waals surface area contributed by atoms with Crippen LogP contribution in [0.3, 0.4) is 0 Å². The van der Waals surface area contributed by atoms with Gasteiger partial charge in [0, 0.05) is 36.0 Å². The van der Waals surface area contributed by atoms with E-state index in [4.69, 9.17) is 0 Å². The summed E-state index contributed by atoms with van der Waals surface area (Å²) in [5.41, 5.74) is 0.511. The minimum atomic E-state index is -0.675. The zero-order valence-corrected chi connectivity index (χ0v) is 17.0. The monoisotopic (exact) mass is 470 g/mol. The maximum Gasteiger partial charge on any atom is 0.154 e. The third kappa shape index (κ3) is 5.98. The summed E-state index contributed by atoms with van der Waals surface area (Å²) in [5, 5.41) is 0. The number of alkyl halides is 1. The van der Waals surface area contributed by atoms with E-state index in [-0.39, 0.29) is 35.4 Å². The molecule has 29 heavy (non-hydrogen) atoms. The van der Waals surface area contributed by atoms with Gasteiger partial charge < -0.3 is 0 Å². The molecule has 1 unspecified atom stereocenters. The van der Waals surface area contributed by atoms with Gasteiger partial charge in [-0.2, -0.15) is 0 Å². The highest BCUT2D eigenvalue weighted by Gasteiger charge is 2.35. The summed E-state index contributed by atoms with van der Waals surface area (Å²) in [6.07, 6.45) is 3.69. The summed E-state index contributed by atoms with van der Waals surface area (Å²) < 4.78 is 51.6. The number of hydrogen-bond donors (Lipinski definition) is 0. The van der Waals surface area contributed by atoms with Crippen LogP contribution in [0.15, 0.2) is 36.4 Å². The molecule has 2 aliphatic carbocycles. The highest BCUT2D eigenvalue weighted by atomic mass is 79.9. The third-order valence-corrected chi connectivity index (χ3v) is 5.82. The van der Waals surface area contributed by atoms with Crippen LogP contribution in [0.4, 0.5) is 17.6 Å². The molecule has 0 radical (unpaired) electrons. The Morgan fingerprint density at radius 2 is 1.41 bits per heavy atom. The standard InChI is InChI=1S/C11H9BrF2O.C11H10F2O/c12-10(11(15)6-1-2-6)8-4-3-7(13)5-9(8)14;12-9-4-3-8(10(13)6-9)5-11(14)7-1-2-7/h3-6,10H,1-2H2;3-4,6-7H,1-2,5H2. The number of Topliss-reactive ketones (excluding diaryl/α,β-unsaturated/α-hetero) is 2. The third-order valence-electron chi connectivity index (χ3n) is 4.88. The van der Waals surface area contributed by atoms with Crippen molar-refractivity contribution in [2.45, 2.75) is 36.9 Å². The minimum absolute atomic E-state index is 0.0134. The summed E-state index contributed by atoms with van der Waals surface area (Å²) >= 11 is 3.16. The van der Waals surface area contributed by atoms with Gasteiger partial charge in [-0.3, -0.25) is 9.59 Å². The van der Waals surface area contributed by atoms with Crippen molar-refractivity contribution in [3.63, 3.8) is 0 Å². The number of hydrogen-bond acceptors (Lipinski definition) is 2. The van der Waals surface area contributed by atoms with Crippen molar-refractivity contribution in [2.75, 3.05) is 0 Å². The van der Waals surface area contributed by atoms with Gasteiger partial charge in [0.15, 0.2) is 5.78 Å². The lowest BCUT2D eigenvalue weighted by molar-refractivity contribution is -0.120. The Morgan fingerprint density at radius 3 is 1.93 bits per heavy atom. The van der Waals surface area contributed by atoms with Gasteiger partial charge in [-0.15, -0.1) is 0 Å². The second kappa shape index (κ2) is 9.20. The highest BCUT2D eigenvalue weighted by molar-refractivity contribution is 9.09. The fourth-order valence-corrected chi connectivity index (χ4v) is 3.58. The van der Waals surface area contributed by atoms with Gasteiger partial charge in [0.05, 0.1) is 0 Å². The van der Waals surface area contributed by atoms with Crippen molar-refractivity contribution in [3.05, 3.63) is 70.8 Å². The van der Waals surface area contributed by atoms with Crippen LogP contribution in [-0.4, -0.2) is 11.6 Å². The summed E-state index contributed by atoms with van der Waals surface area (Å²) in [4.78, 5) is 22.3. The van der Waals surface area contributed by atoms with Crippen LogP contribution < -0.4 is 0 Å². The Bertz CT molecular complexity index is 923. The molecule has 154 valence electrons. The normalized spacial score (nSPS) is 16.6. The Hall–Kier alpha value is -2.02. The fourth-order valence-electron chi connectivity index (χ4n) is 2.84. The molecular weight excluding hydrogens is 452 g/mol. The van der Waals surface area contributed by atoms with Crippen LogP contribution in [0.2, 0.25) is 0 Å². The number of carbonyl (C=O) groups excluding carboxylic acids is 2. The van der Waals surface area contributed by atoms with Crippen LogP contribution in [0.5, 0.6) is 0 Å². The molecule has 2 aliphatic rings. The van der Waals surface area contributed by atoms with Gasteiger partial charge in [0.2, 0.25) is 0 Å². The van der Waals surface area contributed by atoms with E-state index in [1.54, 1.807) is 0 Å². The van der Waals surface area contributed by atoms with Crippen molar-refractivity contribution in [3.8, 4) is 0 Å². The molecule has 1 atom stereocenters. The van der Waals surface area contributed by atoms with Gasteiger partial charge in [-0.25, -0.2) is 17.6 Å². The minimum Gasteiger partial charge on any atom is -0.299 e. The fraction of sp³-hybridized carbons (Fsp3) is 0.364. The Balaban J connectivity index is 0.000000166. The van der Waals surface area contributed by atoms with Crippen molar-refractivity contribution >= 4 is 27.5 Å². The molecule has 4 rings (SSSR count). The molecule has 0 bridgehead atoms. The number of carbonyl (C=O) groups is 2. The smallest absolute Gasteiger partial charge is 0.154 e. The SMILES string of the molecule is O=C(C1CC1)C(Br)c1ccc(F)cc1F.O=C(Cc1ccc(F)cc1F)C1CC1. The highest BCUT2D eigenvalue weighted by Crippen LogP contribution is 2.38. The van der Waals surface area contributed by atoms with Gasteiger partial charge in [-0.1, -0.05) is 28.1 Å².